The molecule has 0 bridgehead atoms. The molecule has 3 aromatic rings. The molecular weight excluding hydrogens is 608 g/mol. The number of hydrogen-bond acceptors (Lipinski definition) is 8. The van der Waals surface area contributed by atoms with E-state index in [-0.39, 0.29) is 23.9 Å². The number of rotatable bonds is 10. The molecule has 3 aromatic carbocycles. The number of fused-ring (bicyclic) bond motifs is 6. The number of nitrogens with zero attached hydrogens (tertiary/aromatic N) is 3. The van der Waals surface area contributed by atoms with Gasteiger partial charge in [-0.1, -0.05) is 36.9 Å². The molecule has 7 rings (SSSR count). The topological polar surface area (TPSA) is 102 Å². The maximum atomic E-state index is 13.7. The average molecular weight is 647 g/mol. The summed E-state index contributed by atoms with van der Waals surface area (Å²) in [6.07, 6.45) is 9.55. The Kier molecular flexibility index (Phi) is 8.39. The van der Waals surface area contributed by atoms with Crippen molar-refractivity contribution >= 4 is 35.1 Å². The Labute approximate surface area is 279 Å². The second-order valence-corrected chi connectivity index (χ2v) is 12.0. The van der Waals surface area contributed by atoms with Crippen LogP contribution in [0.3, 0.4) is 0 Å². The van der Waals surface area contributed by atoms with Gasteiger partial charge in [0.1, 0.15) is 0 Å². The van der Waals surface area contributed by atoms with Gasteiger partial charge in [0.25, 0.3) is 11.8 Å². The lowest BCUT2D eigenvalue weighted by atomic mass is 10.1. The van der Waals surface area contributed by atoms with Crippen molar-refractivity contribution < 1.29 is 28.5 Å². The van der Waals surface area contributed by atoms with E-state index < -0.39 is 0 Å². The molecule has 4 aliphatic heterocycles. The van der Waals surface area contributed by atoms with Crippen LogP contribution in [0.5, 0.6) is 23.0 Å². The summed E-state index contributed by atoms with van der Waals surface area (Å²) in [4.78, 5) is 35.8. The maximum absolute atomic E-state index is 13.7. The van der Waals surface area contributed by atoms with E-state index in [1.54, 1.807) is 43.4 Å². The van der Waals surface area contributed by atoms with Crippen molar-refractivity contribution in [2.24, 2.45) is 4.99 Å². The second-order valence-electron chi connectivity index (χ2n) is 12.0. The maximum Gasteiger partial charge on any atom is 0.261 e. The van der Waals surface area contributed by atoms with Gasteiger partial charge in [0.15, 0.2) is 23.0 Å². The number of methoxy groups -OCH3 is 2. The highest BCUT2D eigenvalue weighted by molar-refractivity contribution is 6.12. The molecule has 2 amide bonds. The molecule has 10 heteroatoms. The monoisotopic (exact) mass is 646 g/mol. The Hall–Kier alpha value is -5.51. The fourth-order valence-corrected chi connectivity index (χ4v) is 6.95. The number of anilines is 2. The summed E-state index contributed by atoms with van der Waals surface area (Å²) in [5.74, 6) is 1.75. The third-order valence-corrected chi connectivity index (χ3v) is 9.18. The van der Waals surface area contributed by atoms with E-state index in [1.165, 1.54) is 5.56 Å². The highest BCUT2D eigenvalue weighted by Gasteiger charge is 2.38. The van der Waals surface area contributed by atoms with Gasteiger partial charge in [-0.2, -0.15) is 0 Å². The normalized spacial score (nSPS) is 19.1. The van der Waals surface area contributed by atoms with Crippen LogP contribution in [0.1, 0.15) is 46.0 Å². The zero-order valence-electron chi connectivity index (χ0n) is 27.3. The molecular formula is C38H38N4O6. The van der Waals surface area contributed by atoms with Gasteiger partial charge in [-0.15, -0.1) is 0 Å². The number of ether oxygens (including phenoxy) is 4. The molecule has 4 aliphatic rings. The number of carbonyl (C=O) groups is 2. The van der Waals surface area contributed by atoms with Gasteiger partial charge >= 0.3 is 0 Å². The molecule has 246 valence electrons. The fraction of sp³-hybridized carbons (Fsp3) is 0.289. The molecule has 10 nitrogen and oxygen atoms in total. The van der Waals surface area contributed by atoms with Gasteiger partial charge in [-0.3, -0.25) is 19.5 Å². The van der Waals surface area contributed by atoms with Gasteiger partial charge < -0.3 is 29.2 Å². The number of amides is 2. The zero-order valence-corrected chi connectivity index (χ0v) is 27.3. The summed E-state index contributed by atoms with van der Waals surface area (Å²) in [5, 5.41) is 3.46. The van der Waals surface area contributed by atoms with Crippen LogP contribution in [0.15, 0.2) is 89.6 Å². The van der Waals surface area contributed by atoms with E-state index in [0.29, 0.717) is 72.4 Å². The average Bonchev–Trinajstić information content (AvgIpc) is 3.58. The molecule has 0 spiro atoms. The molecule has 2 atom stereocenters. The Morgan fingerprint density at radius 2 is 1.62 bits per heavy atom. The summed E-state index contributed by atoms with van der Waals surface area (Å²) in [5.41, 5.74) is 6.22. The van der Waals surface area contributed by atoms with Crippen molar-refractivity contribution in [3.8, 4) is 23.0 Å². The Bertz CT molecular complexity index is 1900. The summed E-state index contributed by atoms with van der Waals surface area (Å²) >= 11 is 0. The fourth-order valence-electron chi connectivity index (χ4n) is 6.95. The Morgan fingerprint density at radius 1 is 0.917 bits per heavy atom. The minimum atomic E-state index is -0.191. The standard InChI is InChI=1S/C38H38N4O6/c1-5-10-23-15-25-21-39-29-19-35(33(45-3)17-27(29)37(43)41(25)31(23)6-2)47-13-9-14-48-36-20-30-28(18-34(36)46-4)38(44)42-26(22-40-30)16-24-11-7-8-12-32(24)42/h5-8,10-12,17-21,25-26,40H,2,9,13-16,22H2,1,3-4H3/b10-5-/t25-,26-/m0/s1. The minimum Gasteiger partial charge on any atom is -0.493 e. The van der Waals surface area contributed by atoms with Crippen LogP contribution in [0.4, 0.5) is 17.1 Å². The lowest BCUT2D eigenvalue weighted by Gasteiger charge is -2.23. The number of hydrogen-bond donors (Lipinski definition) is 1. The summed E-state index contributed by atoms with van der Waals surface area (Å²) in [6.45, 7) is 7.21. The Balaban J connectivity index is 1.02. The van der Waals surface area contributed by atoms with Gasteiger partial charge in [0.2, 0.25) is 0 Å². The third-order valence-electron chi connectivity index (χ3n) is 9.18. The molecule has 0 saturated carbocycles. The van der Waals surface area contributed by atoms with Crippen molar-refractivity contribution in [1.29, 1.82) is 0 Å². The minimum absolute atomic E-state index is 0.0401. The van der Waals surface area contributed by atoms with E-state index in [0.717, 1.165) is 29.1 Å². The summed E-state index contributed by atoms with van der Waals surface area (Å²) < 4.78 is 23.5. The van der Waals surface area contributed by atoms with Crippen molar-refractivity contribution in [1.82, 2.24) is 4.90 Å². The summed E-state index contributed by atoms with van der Waals surface area (Å²) in [7, 11) is 3.12. The third kappa shape index (κ3) is 5.36. The lowest BCUT2D eigenvalue weighted by molar-refractivity contribution is 0.0806. The first-order valence-electron chi connectivity index (χ1n) is 16.2. The second kappa shape index (κ2) is 12.9. The molecule has 1 N–H and O–H groups in total. The van der Waals surface area contributed by atoms with Crippen LogP contribution >= 0.6 is 0 Å². The van der Waals surface area contributed by atoms with Gasteiger partial charge in [-0.05, 0) is 48.8 Å². The highest BCUT2D eigenvalue weighted by atomic mass is 16.5. The molecule has 0 saturated heterocycles. The van der Waals surface area contributed by atoms with Crippen LogP contribution in [-0.4, -0.2) is 69.0 Å². The van der Waals surface area contributed by atoms with E-state index in [4.69, 9.17) is 18.9 Å². The molecule has 0 radical (unpaired) electrons. The van der Waals surface area contributed by atoms with Crippen molar-refractivity contribution in [2.45, 2.75) is 38.3 Å². The molecule has 0 fully saturated rings. The highest BCUT2D eigenvalue weighted by Crippen LogP contribution is 2.42. The molecule has 4 heterocycles. The zero-order chi connectivity index (χ0) is 33.4. The number of aliphatic imine (C=N–C) groups is 1. The predicted molar refractivity (Wildman–Crippen MR) is 186 cm³/mol. The predicted octanol–water partition coefficient (Wildman–Crippen LogP) is 6.50. The van der Waals surface area contributed by atoms with Gasteiger partial charge in [-0.25, -0.2) is 0 Å². The van der Waals surface area contributed by atoms with E-state index in [9.17, 15) is 9.59 Å². The van der Waals surface area contributed by atoms with Crippen LogP contribution in [0.2, 0.25) is 0 Å². The number of carbonyl (C=O) groups excluding carboxylic acids is 2. The van der Waals surface area contributed by atoms with Gasteiger partial charge in [0, 0.05) is 49.1 Å². The first-order chi connectivity index (χ1) is 23.4. The number of para-hydroxylation sites is 1. The van der Waals surface area contributed by atoms with Crippen LogP contribution in [0.25, 0.3) is 0 Å². The van der Waals surface area contributed by atoms with Crippen LogP contribution < -0.4 is 29.2 Å². The molecule has 0 aliphatic carbocycles. The van der Waals surface area contributed by atoms with Crippen molar-refractivity contribution in [3.05, 3.63) is 101 Å². The quantitative estimate of drug-likeness (QED) is 0.251. The number of nitrogens with one attached hydrogen (secondary N) is 1. The first-order valence-corrected chi connectivity index (χ1v) is 16.2. The van der Waals surface area contributed by atoms with Crippen LogP contribution in [0, 0.1) is 0 Å². The smallest absolute Gasteiger partial charge is 0.261 e. The van der Waals surface area contributed by atoms with E-state index >= 15 is 0 Å². The van der Waals surface area contributed by atoms with Gasteiger partial charge in [0.05, 0.1) is 62.0 Å². The van der Waals surface area contributed by atoms with Crippen molar-refractivity contribution in [3.63, 3.8) is 0 Å². The first kappa shape index (κ1) is 31.1. The molecule has 0 unspecified atom stereocenters. The largest absolute Gasteiger partial charge is 0.493 e. The number of allylic oxidation sites excluding steroid dienone is 3. The molecule has 48 heavy (non-hydrogen) atoms. The van der Waals surface area contributed by atoms with E-state index in [1.807, 2.05) is 54.5 Å². The Morgan fingerprint density at radius 3 is 2.35 bits per heavy atom. The van der Waals surface area contributed by atoms with E-state index in [2.05, 4.69) is 23.0 Å². The SMILES string of the molecule is C=CC1=C(/C=C\C)C[C@H]2C=Nc3cc(OCCCOc4cc5c(cc4OC)C(=O)N4c6ccccc6C[C@H]4CN5)c(OC)cc3C(=O)N12. The molecule has 0 aromatic heterocycles. The van der Waals surface area contributed by atoms with Crippen LogP contribution in [-0.2, 0) is 6.42 Å². The number of benzene rings is 3. The summed E-state index contributed by atoms with van der Waals surface area (Å²) in [6, 6.07) is 14.9. The van der Waals surface area contributed by atoms with Crippen molar-refractivity contribution in [2.75, 3.05) is 44.2 Å². The lowest BCUT2D eigenvalue weighted by Crippen LogP contribution is -2.39.